The first kappa shape index (κ1) is 20.5. The second-order valence-electron chi connectivity index (χ2n) is 7.79. The number of para-hydroxylation sites is 2. The van der Waals surface area contributed by atoms with Crippen molar-refractivity contribution in [2.75, 3.05) is 37.7 Å². The number of nitrogens with zero attached hydrogens (tertiary/aromatic N) is 2. The van der Waals surface area contributed by atoms with Crippen molar-refractivity contribution in [1.29, 1.82) is 0 Å². The van der Waals surface area contributed by atoms with Crippen LogP contribution in [0.1, 0.15) is 43.9 Å². The first-order chi connectivity index (χ1) is 14.7. The number of nitrogens with one attached hydrogen (secondary N) is 1. The van der Waals surface area contributed by atoms with Gasteiger partial charge in [-0.15, -0.1) is 0 Å². The van der Waals surface area contributed by atoms with Crippen LogP contribution in [0.5, 0.6) is 5.75 Å². The molecule has 7 nitrogen and oxygen atoms in total. The van der Waals surface area contributed by atoms with Crippen LogP contribution in [-0.2, 0) is 9.59 Å². The van der Waals surface area contributed by atoms with Crippen LogP contribution in [0, 0.1) is 0 Å². The monoisotopic (exact) mass is 411 g/mol. The molecule has 30 heavy (non-hydrogen) atoms. The van der Waals surface area contributed by atoms with Crippen LogP contribution in [0.4, 0.5) is 5.69 Å². The number of hydrogen-bond acceptors (Lipinski definition) is 5. The van der Waals surface area contributed by atoms with Crippen LogP contribution in [0.3, 0.4) is 0 Å². The minimum Gasteiger partial charge on any atom is -0.490 e. The summed E-state index contributed by atoms with van der Waals surface area (Å²) in [6.07, 6.45) is 5.60. The number of rotatable bonds is 7. The average molecular weight is 412 g/mol. The van der Waals surface area contributed by atoms with E-state index in [2.05, 4.69) is 10.2 Å². The van der Waals surface area contributed by atoms with Crippen molar-refractivity contribution in [1.82, 2.24) is 10.2 Å². The molecule has 0 aliphatic carbocycles. The Bertz CT molecular complexity index is 846. The lowest BCUT2D eigenvalue weighted by atomic mass is 10.1. The van der Waals surface area contributed by atoms with Crippen LogP contribution in [0.25, 0.3) is 0 Å². The Balaban J connectivity index is 1.29. The predicted octanol–water partition coefficient (Wildman–Crippen LogP) is 3.13. The molecule has 2 aromatic rings. The van der Waals surface area contributed by atoms with E-state index in [1.54, 1.807) is 11.2 Å². The Hall–Kier alpha value is -2.80. The summed E-state index contributed by atoms with van der Waals surface area (Å²) < 4.78 is 11.2. The van der Waals surface area contributed by atoms with Crippen molar-refractivity contribution >= 4 is 17.5 Å². The van der Waals surface area contributed by atoms with E-state index in [-0.39, 0.29) is 30.7 Å². The van der Waals surface area contributed by atoms with E-state index in [9.17, 15) is 9.59 Å². The van der Waals surface area contributed by atoms with Gasteiger partial charge in [-0.05, 0) is 50.2 Å². The summed E-state index contributed by atoms with van der Waals surface area (Å²) in [7, 11) is 0. The van der Waals surface area contributed by atoms with E-state index in [0.717, 1.165) is 24.5 Å². The maximum Gasteiger partial charge on any atom is 0.227 e. The Labute approximate surface area is 177 Å². The molecule has 1 fully saturated rings. The van der Waals surface area contributed by atoms with Gasteiger partial charge >= 0.3 is 0 Å². The van der Waals surface area contributed by atoms with Crippen molar-refractivity contribution in [2.24, 2.45) is 0 Å². The van der Waals surface area contributed by atoms with Gasteiger partial charge in [0.25, 0.3) is 0 Å². The number of ether oxygens (including phenoxy) is 1. The van der Waals surface area contributed by atoms with Gasteiger partial charge in [0.15, 0.2) is 0 Å². The molecule has 1 atom stereocenters. The Morgan fingerprint density at radius 2 is 1.83 bits per heavy atom. The van der Waals surface area contributed by atoms with Crippen molar-refractivity contribution in [3.05, 3.63) is 48.4 Å². The molecular weight excluding hydrogens is 382 g/mol. The fourth-order valence-electron chi connectivity index (χ4n) is 4.20. The van der Waals surface area contributed by atoms with E-state index in [4.69, 9.17) is 9.15 Å². The molecule has 2 aliphatic heterocycles. The largest absolute Gasteiger partial charge is 0.490 e. The summed E-state index contributed by atoms with van der Waals surface area (Å²) in [5.41, 5.74) is 0.775. The number of carbonyl (C=O) groups is 2. The van der Waals surface area contributed by atoms with Crippen LogP contribution in [0.2, 0.25) is 0 Å². The summed E-state index contributed by atoms with van der Waals surface area (Å²) >= 11 is 0. The van der Waals surface area contributed by atoms with Gasteiger partial charge in [0.2, 0.25) is 11.8 Å². The Kier molecular flexibility index (Phi) is 6.69. The summed E-state index contributed by atoms with van der Waals surface area (Å²) in [5.74, 6) is 1.42. The third-order valence-electron chi connectivity index (χ3n) is 5.79. The van der Waals surface area contributed by atoms with Crippen LogP contribution >= 0.6 is 0 Å². The van der Waals surface area contributed by atoms with E-state index in [0.29, 0.717) is 25.4 Å². The lowest BCUT2D eigenvalue weighted by Gasteiger charge is -2.33. The second-order valence-corrected chi connectivity index (χ2v) is 7.79. The smallest absolute Gasteiger partial charge is 0.227 e. The quantitative estimate of drug-likeness (QED) is 0.758. The standard InChI is InChI=1S/C23H29N3O4/c27-22(10-11-23(28)26-14-16-30-20-8-3-2-7-18(20)26)24-17-19(21-9-6-15-29-21)25-12-4-1-5-13-25/h2-3,6-9,15,19H,1,4-5,10-14,16-17H2,(H,24,27). The molecule has 7 heteroatoms. The zero-order valence-electron chi connectivity index (χ0n) is 17.2. The highest BCUT2D eigenvalue weighted by molar-refractivity contribution is 5.97. The first-order valence-corrected chi connectivity index (χ1v) is 10.8. The van der Waals surface area contributed by atoms with E-state index < -0.39 is 0 Å². The molecule has 1 aromatic carbocycles. The normalized spacial score (nSPS) is 17.7. The predicted molar refractivity (Wildman–Crippen MR) is 113 cm³/mol. The number of fused-ring (bicyclic) bond motifs is 1. The number of benzene rings is 1. The highest BCUT2D eigenvalue weighted by atomic mass is 16.5. The Morgan fingerprint density at radius 3 is 2.63 bits per heavy atom. The third-order valence-corrected chi connectivity index (χ3v) is 5.79. The van der Waals surface area contributed by atoms with Crippen LogP contribution < -0.4 is 15.0 Å². The number of anilines is 1. The summed E-state index contributed by atoms with van der Waals surface area (Å²) in [5, 5.41) is 3.01. The summed E-state index contributed by atoms with van der Waals surface area (Å²) in [6, 6.07) is 11.4. The third kappa shape index (κ3) is 4.84. The topological polar surface area (TPSA) is 75.0 Å². The Morgan fingerprint density at radius 1 is 1.00 bits per heavy atom. The molecular formula is C23H29N3O4. The molecule has 0 spiro atoms. The number of amides is 2. The molecule has 2 aliphatic rings. The zero-order chi connectivity index (χ0) is 20.8. The number of likely N-dealkylation sites (tertiary alicyclic amines) is 1. The maximum atomic E-state index is 12.7. The highest BCUT2D eigenvalue weighted by Gasteiger charge is 2.26. The molecule has 0 saturated carbocycles. The van der Waals surface area contributed by atoms with Gasteiger partial charge in [-0.25, -0.2) is 0 Å². The van der Waals surface area contributed by atoms with Crippen molar-refractivity contribution < 1.29 is 18.7 Å². The van der Waals surface area contributed by atoms with Crippen molar-refractivity contribution in [3.8, 4) is 5.75 Å². The van der Waals surface area contributed by atoms with Gasteiger partial charge < -0.3 is 19.4 Å². The molecule has 3 heterocycles. The van der Waals surface area contributed by atoms with Crippen molar-refractivity contribution in [3.63, 3.8) is 0 Å². The lowest BCUT2D eigenvalue weighted by Crippen LogP contribution is -2.41. The van der Waals surface area contributed by atoms with E-state index in [1.165, 1.54) is 19.3 Å². The minimum absolute atomic E-state index is 0.0334. The molecule has 0 radical (unpaired) electrons. The SMILES string of the molecule is O=C(CCC(=O)N1CCOc2ccccc21)NCC(c1ccco1)N1CCCCC1. The minimum atomic E-state index is -0.113. The first-order valence-electron chi connectivity index (χ1n) is 10.8. The van der Waals surface area contributed by atoms with Gasteiger partial charge in [-0.1, -0.05) is 18.6 Å². The number of furan rings is 1. The molecule has 2 amide bonds. The van der Waals surface area contributed by atoms with Crippen LogP contribution in [-0.4, -0.2) is 49.5 Å². The number of piperidine rings is 1. The molecule has 1 saturated heterocycles. The van der Waals surface area contributed by atoms with E-state index in [1.807, 2.05) is 36.4 Å². The molecule has 0 bridgehead atoms. The molecule has 4 rings (SSSR count). The molecule has 1 unspecified atom stereocenters. The second kappa shape index (κ2) is 9.80. The number of carbonyl (C=O) groups excluding carboxylic acids is 2. The number of hydrogen-bond donors (Lipinski definition) is 1. The highest BCUT2D eigenvalue weighted by Crippen LogP contribution is 2.31. The van der Waals surface area contributed by atoms with Gasteiger partial charge in [-0.2, -0.15) is 0 Å². The van der Waals surface area contributed by atoms with Crippen LogP contribution in [0.15, 0.2) is 47.1 Å². The summed E-state index contributed by atoms with van der Waals surface area (Å²) in [4.78, 5) is 29.3. The van der Waals surface area contributed by atoms with Gasteiger partial charge in [-0.3, -0.25) is 14.5 Å². The van der Waals surface area contributed by atoms with E-state index >= 15 is 0 Å². The fourth-order valence-corrected chi connectivity index (χ4v) is 4.20. The van der Waals surface area contributed by atoms with Crippen molar-refractivity contribution in [2.45, 2.75) is 38.1 Å². The molecule has 1 N–H and O–H groups in total. The average Bonchev–Trinajstić information content (AvgIpc) is 3.32. The van der Waals surface area contributed by atoms with Gasteiger partial charge in [0.1, 0.15) is 18.1 Å². The van der Waals surface area contributed by atoms with Gasteiger partial charge in [0, 0.05) is 19.4 Å². The zero-order valence-corrected chi connectivity index (χ0v) is 17.2. The summed E-state index contributed by atoms with van der Waals surface area (Å²) in [6.45, 7) is 3.48. The molecule has 1 aromatic heterocycles. The van der Waals surface area contributed by atoms with Gasteiger partial charge in [0.05, 0.1) is 24.5 Å². The maximum absolute atomic E-state index is 12.7. The fraction of sp³-hybridized carbons (Fsp3) is 0.478. The molecule has 160 valence electrons. The lowest BCUT2D eigenvalue weighted by molar-refractivity contribution is -0.125.